The fourth-order valence-corrected chi connectivity index (χ4v) is 3.66. The molecular formula is C28H30Cl2SiZr-2. The fourth-order valence-electron chi connectivity index (χ4n) is 3.66. The molecule has 0 bridgehead atoms. The maximum atomic E-state index is 3.16. The van der Waals surface area contributed by atoms with Gasteiger partial charge < -0.3 is 24.8 Å². The molecule has 4 aromatic rings. The average molecular weight is 557 g/mol. The van der Waals surface area contributed by atoms with E-state index in [1.807, 2.05) is 0 Å². The van der Waals surface area contributed by atoms with Gasteiger partial charge in [0.1, 0.15) is 0 Å². The molecule has 0 fully saturated rings. The molecule has 166 valence electrons. The van der Waals surface area contributed by atoms with Crippen molar-refractivity contribution in [2.24, 2.45) is 0 Å². The first kappa shape index (κ1) is 29.0. The van der Waals surface area contributed by atoms with E-state index in [1.54, 1.807) is 23.3 Å². The first-order chi connectivity index (χ1) is 14.6. The van der Waals surface area contributed by atoms with E-state index < -0.39 is 0 Å². The van der Waals surface area contributed by atoms with Gasteiger partial charge >= 0.3 is 41.9 Å². The van der Waals surface area contributed by atoms with Gasteiger partial charge in [0, 0.05) is 0 Å². The van der Waals surface area contributed by atoms with Crippen molar-refractivity contribution < 1.29 is 48.1 Å². The van der Waals surface area contributed by atoms with E-state index in [4.69, 9.17) is 0 Å². The zero-order valence-corrected chi connectivity index (χ0v) is 24.1. The van der Waals surface area contributed by atoms with Crippen molar-refractivity contribution in [3.8, 4) is 0 Å². The van der Waals surface area contributed by atoms with Crippen LogP contribution in [0.5, 0.6) is 0 Å². The van der Waals surface area contributed by atoms with Gasteiger partial charge in [0.15, 0.2) is 0 Å². The largest absolute Gasteiger partial charge is 1.00 e. The number of hydrogen-bond donors (Lipinski definition) is 0. The molecule has 1 aliphatic carbocycles. The van der Waals surface area contributed by atoms with Crippen LogP contribution in [0, 0.1) is 6.08 Å². The predicted molar refractivity (Wildman–Crippen MR) is 131 cm³/mol. The monoisotopic (exact) mass is 554 g/mol. The Morgan fingerprint density at radius 3 is 2.34 bits per heavy atom. The van der Waals surface area contributed by atoms with E-state index in [1.165, 1.54) is 57.5 Å². The van der Waals surface area contributed by atoms with Gasteiger partial charge in [-0.15, -0.1) is 46.5 Å². The van der Waals surface area contributed by atoms with Gasteiger partial charge in [0.05, 0.1) is 0 Å². The van der Waals surface area contributed by atoms with E-state index in [9.17, 15) is 0 Å². The summed E-state index contributed by atoms with van der Waals surface area (Å²) >= 11 is 1.74. The summed E-state index contributed by atoms with van der Waals surface area (Å²) in [5.74, 6) is 0. The molecule has 0 N–H and O–H groups in total. The Labute approximate surface area is 221 Å². The second-order valence-corrected chi connectivity index (χ2v) is 17.4. The summed E-state index contributed by atoms with van der Waals surface area (Å²) in [6.07, 6.45) is 9.97. The molecule has 0 atom stereocenters. The zero-order chi connectivity index (χ0) is 21.3. The van der Waals surface area contributed by atoms with Crippen LogP contribution >= 0.6 is 0 Å². The third-order valence-corrected chi connectivity index (χ3v) is 5.10. The van der Waals surface area contributed by atoms with Gasteiger partial charge in [0.25, 0.3) is 0 Å². The Kier molecular flexibility index (Phi) is 13.6. The van der Waals surface area contributed by atoms with Crippen molar-refractivity contribution in [3.05, 3.63) is 95.6 Å². The molecule has 4 aromatic carbocycles. The quantitative estimate of drug-likeness (QED) is 0.267. The second-order valence-electron chi connectivity index (χ2n) is 7.98. The van der Waals surface area contributed by atoms with Crippen LogP contribution in [-0.2, 0) is 36.2 Å². The number of fused-ring (bicyclic) bond motifs is 4. The van der Waals surface area contributed by atoms with E-state index >= 15 is 0 Å². The summed E-state index contributed by atoms with van der Waals surface area (Å²) < 4.78 is 0. The average Bonchev–Trinajstić information content (AvgIpc) is 3.39. The smallest absolute Gasteiger partial charge is 0.0650 e. The molecule has 5 rings (SSSR count). The van der Waals surface area contributed by atoms with E-state index in [0.29, 0.717) is 0 Å². The van der Waals surface area contributed by atoms with Gasteiger partial charge in [-0.1, -0.05) is 73.7 Å². The van der Waals surface area contributed by atoms with E-state index in [0.717, 1.165) is 6.42 Å². The number of rotatable bonds is 3. The molecule has 0 unspecified atom stereocenters. The van der Waals surface area contributed by atoms with Gasteiger partial charge in [-0.25, -0.2) is 6.08 Å². The minimum atomic E-state index is 0. The summed E-state index contributed by atoms with van der Waals surface area (Å²) in [4.78, 5) is 0. The van der Waals surface area contributed by atoms with Gasteiger partial charge in [-0.3, -0.25) is 6.08 Å². The second kappa shape index (κ2) is 15.0. The summed E-state index contributed by atoms with van der Waals surface area (Å²) in [6.45, 7) is 6.87. The molecule has 4 heteroatoms. The van der Waals surface area contributed by atoms with Crippen LogP contribution < -0.4 is 24.8 Å². The third kappa shape index (κ3) is 8.38. The number of halogens is 2. The van der Waals surface area contributed by atoms with Crippen LogP contribution in [0.25, 0.3) is 27.6 Å². The Balaban J connectivity index is 0.000000289. The zero-order valence-electron chi connectivity index (χ0n) is 19.1. The molecule has 0 amide bonds. The molecule has 0 heterocycles. The van der Waals surface area contributed by atoms with Gasteiger partial charge in [-0.2, -0.15) is 11.6 Å². The molecule has 0 aliphatic heterocycles. The van der Waals surface area contributed by atoms with E-state index in [-0.39, 0.29) is 30.2 Å². The van der Waals surface area contributed by atoms with Crippen LogP contribution in [0.1, 0.15) is 36.5 Å². The molecule has 0 aromatic heterocycles. The standard InChI is InChI=1S/C17H17.C9H7.C2H6Si.2ClH.Zr/c1-2-3-6-13-11-15-10-9-14-7-4-5-8-16(14)17(15)12-13;1-2-5-9-7-3-6-8(9)4-1;1-3-2;;;/h4-5,7-12H,2-3,6H2,1H3;1-2,4-6H,7H2;1-2H3;2*1H;/q2*-1;;;;+2/p-2. The molecule has 0 radical (unpaired) electrons. The van der Waals surface area contributed by atoms with Crippen LogP contribution in [-0.4, -0.2) is 5.43 Å². The van der Waals surface area contributed by atoms with Crippen molar-refractivity contribution in [1.82, 2.24) is 0 Å². The molecule has 0 saturated carbocycles. The Bertz CT molecular complexity index is 1160. The third-order valence-electron chi connectivity index (χ3n) is 5.10. The van der Waals surface area contributed by atoms with Gasteiger partial charge in [0.2, 0.25) is 0 Å². The Hall–Kier alpha value is -1.05. The van der Waals surface area contributed by atoms with Crippen LogP contribution in [0.15, 0.2) is 72.8 Å². The normalized spacial score (nSPS) is 10.8. The summed E-state index contributed by atoms with van der Waals surface area (Å²) in [6, 6.07) is 26.2. The van der Waals surface area contributed by atoms with Crippen LogP contribution in [0.4, 0.5) is 0 Å². The SMILES string of the molecule is CCCCc1cc2c(ccc3ccccc32)[cH-]1.C[Si](C)=[Zr+2].[C-]1=Cc2ccccc2C1.[Cl-].[Cl-]. The number of allylic oxidation sites excluding steroid dienone is 1. The predicted octanol–water partition coefficient (Wildman–Crippen LogP) is 1.91. The minimum Gasteiger partial charge on any atom is -1.00 e. The number of hydrogen-bond acceptors (Lipinski definition) is 0. The van der Waals surface area contributed by atoms with Crippen molar-refractivity contribution in [2.45, 2.75) is 45.7 Å². The van der Waals surface area contributed by atoms with E-state index in [2.05, 4.69) is 105 Å². The number of unbranched alkanes of at least 4 members (excludes halogenated alkanes) is 1. The summed E-state index contributed by atoms with van der Waals surface area (Å²) in [5.41, 5.74) is 4.43. The van der Waals surface area contributed by atoms with Crippen LogP contribution in [0.3, 0.4) is 0 Å². The summed E-state index contributed by atoms with van der Waals surface area (Å²) in [5, 5.41) is 5.52. The number of aryl methyl sites for hydroxylation is 1. The molecular weight excluding hydrogens is 527 g/mol. The van der Waals surface area contributed by atoms with Crippen molar-refractivity contribution in [3.63, 3.8) is 0 Å². The Morgan fingerprint density at radius 2 is 1.62 bits per heavy atom. The topological polar surface area (TPSA) is 0 Å². The first-order valence-electron chi connectivity index (χ1n) is 10.8. The first-order valence-corrected chi connectivity index (χ1v) is 17.0. The molecule has 0 spiro atoms. The van der Waals surface area contributed by atoms with Crippen molar-refractivity contribution in [2.75, 3.05) is 0 Å². The van der Waals surface area contributed by atoms with Gasteiger partial charge in [-0.05, 0) is 11.8 Å². The van der Waals surface area contributed by atoms with Crippen LogP contribution in [0.2, 0.25) is 13.1 Å². The van der Waals surface area contributed by atoms with Crippen molar-refractivity contribution in [1.29, 1.82) is 0 Å². The molecule has 0 nitrogen and oxygen atoms in total. The maximum absolute atomic E-state index is 3.16. The van der Waals surface area contributed by atoms with Crippen molar-refractivity contribution >= 4 is 33.1 Å². The summed E-state index contributed by atoms with van der Waals surface area (Å²) in [7, 11) is 0. The molecule has 0 saturated heterocycles. The Morgan fingerprint density at radius 1 is 0.938 bits per heavy atom. The molecule has 1 aliphatic rings. The fraction of sp³-hybridized carbons (Fsp3) is 0.250. The number of benzene rings is 3. The minimum absolute atomic E-state index is 0. The molecule has 32 heavy (non-hydrogen) atoms. The maximum Gasteiger partial charge on any atom is -0.0650 e.